The third-order valence-corrected chi connectivity index (χ3v) is 2.55. The van der Waals surface area contributed by atoms with Crippen LogP contribution in [0.15, 0.2) is 22.7 Å². The van der Waals surface area contributed by atoms with E-state index >= 15 is 0 Å². The van der Waals surface area contributed by atoms with Gasteiger partial charge >= 0.3 is 6.18 Å². The van der Waals surface area contributed by atoms with Gasteiger partial charge in [-0.15, -0.1) is 12.4 Å². The van der Waals surface area contributed by atoms with Crippen LogP contribution in [0, 0.1) is 10.1 Å². The van der Waals surface area contributed by atoms with E-state index in [0.29, 0.717) is 0 Å². The molecule has 96 valence electrons. The first-order chi connectivity index (χ1) is 7.23. The summed E-state index contributed by atoms with van der Waals surface area (Å²) in [5, 5.41) is 10.5. The van der Waals surface area contributed by atoms with Crippen molar-refractivity contribution in [2.75, 3.05) is 0 Å². The van der Waals surface area contributed by atoms with Crippen LogP contribution in [0.1, 0.15) is 11.6 Å². The van der Waals surface area contributed by atoms with Crippen LogP contribution >= 0.6 is 28.3 Å². The van der Waals surface area contributed by atoms with Gasteiger partial charge < -0.3 is 5.73 Å². The second kappa shape index (κ2) is 5.65. The molecule has 1 aromatic carbocycles. The number of alkyl halides is 3. The number of nitro groups is 1. The van der Waals surface area contributed by atoms with Crippen molar-refractivity contribution in [2.45, 2.75) is 12.2 Å². The summed E-state index contributed by atoms with van der Waals surface area (Å²) in [6, 6.07) is 0.843. The molecule has 0 aliphatic carbocycles. The topological polar surface area (TPSA) is 69.2 Å². The molecule has 0 aromatic heterocycles. The molecule has 9 heteroatoms. The molecule has 0 aliphatic heterocycles. The molecular formula is C8H7BrClF3N2O2. The van der Waals surface area contributed by atoms with Gasteiger partial charge in [0.15, 0.2) is 0 Å². The Bertz CT molecular complexity index is 428. The van der Waals surface area contributed by atoms with Crippen LogP contribution in [0.2, 0.25) is 0 Å². The van der Waals surface area contributed by atoms with E-state index in [1.807, 2.05) is 0 Å². The smallest absolute Gasteiger partial charge is 0.316 e. The number of hydrogen-bond acceptors (Lipinski definition) is 3. The first-order valence-electron chi connectivity index (χ1n) is 3.99. The van der Waals surface area contributed by atoms with Crippen molar-refractivity contribution < 1.29 is 18.1 Å². The lowest BCUT2D eigenvalue weighted by atomic mass is 10.1. The van der Waals surface area contributed by atoms with Crippen LogP contribution in [0.25, 0.3) is 0 Å². The zero-order chi connectivity index (χ0) is 12.5. The molecule has 2 N–H and O–H groups in total. The van der Waals surface area contributed by atoms with Gasteiger partial charge in [-0.3, -0.25) is 10.1 Å². The Balaban J connectivity index is 0.00000256. The molecule has 0 amide bonds. The van der Waals surface area contributed by atoms with Crippen molar-refractivity contribution in [2.24, 2.45) is 5.73 Å². The number of hydrogen-bond donors (Lipinski definition) is 1. The first-order valence-corrected chi connectivity index (χ1v) is 4.79. The third kappa shape index (κ3) is 3.83. The van der Waals surface area contributed by atoms with Crippen LogP contribution in [0.5, 0.6) is 0 Å². The molecule has 17 heavy (non-hydrogen) atoms. The van der Waals surface area contributed by atoms with E-state index in [4.69, 9.17) is 5.73 Å². The van der Waals surface area contributed by atoms with Crippen LogP contribution < -0.4 is 5.73 Å². The Morgan fingerprint density at radius 3 is 2.35 bits per heavy atom. The Labute approximate surface area is 109 Å². The Kier molecular flexibility index (Phi) is 5.37. The maximum absolute atomic E-state index is 12.3. The van der Waals surface area contributed by atoms with E-state index in [9.17, 15) is 23.3 Å². The lowest BCUT2D eigenvalue weighted by Crippen LogP contribution is -2.28. The van der Waals surface area contributed by atoms with Crippen molar-refractivity contribution in [1.29, 1.82) is 0 Å². The second-order valence-electron chi connectivity index (χ2n) is 2.99. The second-order valence-corrected chi connectivity index (χ2v) is 3.84. The number of nitro benzene ring substituents is 1. The highest BCUT2D eigenvalue weighted by atomic mass is 79.9. The zero-order valence-corrected chi connectivity index (χ0v) is 10.5. The van der Waals surface area contributed by atoms with E-state index in [2.05, 4.69) is 15.9 Å². The molecule has 1 aromatic rings. The summed E-state index contributed by atoms with van der Waals surface area (Å²) in [7, 11) is 0. The van der Waals surface area contributed by atoms with E-state index in [1.165, 1.54) is 6.07 Å². The number of nitrogens with zero attached hydrogens (tertiary/aromatic N) is 1. The largest absolute Gasteiger partial charge is 0.407 e. The van der Waals surface area contributed by atoms with Gasteiger partial charge in [0.2, 0.25) is 0 Å². The van der Waals surface area contributed by atoms with Gasteiger partial charge in [0.05, 0.1) is 9.40 Å². The molecule has 0 radical (unpaired) electrons. The highest BCUT2D eigenvalue weighted by molar-refractivity contribution is 9.10. The van der Waals surface area contributed by atoms with Crippen LogP contribution in [0.4, 0.5) is 18.9 Å². The lowest BCUT2D eigenvalue weighted by Gasteiger charge is -2.15. The molecule has 0 saturated carbocycles. The average molecular weight is 336 g/mol. The van der Waals surface area contributed by atoms with Gasteiger partial charge in [-0.05, 0) is 27.6 Å². The highest BCUT2D eigenvalue weighted by Crippen LogP contribution is 2.34. The summed E-state index contributed by atoms with van der Waals surface area (Å²) >= 11 is 2.87. The van der Waals surface area contributed by atoms with Gasteiger partial charge in [0, 0.05) is 6.07 Å². The summed E-state index contributed by atoms with van der Waals surface area (Å²) in [6.45, 7) is 0. The predicted octanol–water partition coefficient (Wildman–Crippen LogP) is 3.34. The Morgan fingerprint density at radius 2 is 1.94 bits per heavy atom. The molecule has 4 nitrogen and oxygen atoms in total. The minimum absolute atomic E-state index is 0. The number of halogens is 5. The molecule has 0 unspecified atom stereocenters. The van der Waals surface area contributed by atoms with Crippen molar-refractivity contribution in [1.82, 2.24) is 0 Å². The van der Waals surface area contributed by atoms with Crippen LogP contribution in [-0.4, -0.2) is 11.1 Å². The molecule has 0 saturated heterocycles. The summed E-state index contributed by atoms with van der Waals surface area (Å²) < 4.78 is 36.9. The first kappa shape index (κ1) is 16.1. The maximum Gasteiger partial charge on any atom is 0.407 e. The van der Waals surface area contributed by atoms with Crippen molar-refractivity contribution >= 4 is 34.0 Å². The molecule has 0 spiro atoms. The fraction of sp³-hybridized carbons (Fsp3) is 0.250. The van der Waals surface area contributed by atoms with Crippen molar-refractivity contribution in [3.8, 4) is 0 Å². The van der Waals surface area contributed by atoms with E-state index in [0.717, 1.165) is 12.1 Å². The van der Waals surface area contributed by atoms with Gasteiger partial charge in [0.1, 0.15) is 6.04 Å². The van der Waals surface area contributed by atoms with Crippen molar-refractivity contribution in [3.05, 3.63) is 38.3 Å². The highest BCUT2D eigenvalue weighted by Gasteiger charge is 2.38. The maximum atomic E-state index is 12.3. The SMILES string of the molecule is Cl.N[C@H](c1ccc(Br)c([N+](=O)[O-])c1)C(F)(F)F. The molecule has 0 aliphatic rings. The quantitative estimate of drug-likeness (QED) is 0.665. The monoisotopic (exact) mass is 334 g/mol. The molecule has 0 bridgehead atoms. The van der Waals surface area contributed by atoms with E-state index in [-0.39, 0.29) is 22.4 Å². The Morgan fingerprint density at radius 1 is 1.41 bits per heavy atom. The lowest BCUT2D eigenvalue weighted by molar-refractivity contribution is -0.385. The summed E-state index contributed by atoms with van der Waals surface area (Å²) in [4.78, 5) is 9.72. The molecule has 1 atom stereocenters. The van der Waals surface area contributed by atoms with Crippen LogP contribution in [0.3, 0.4) is 0 Å². The average Bonchev–Trinajstić information content (AvgIpc) is 2.15. The van der Waals surface area contributed by atoms with Crippen LogP contribution in [-0.2, 0) is 0 Å². The van der Waals surface area contributed by atoms with Gasteiger partial charge in [-0.1, -0.05) is 6.07 Å². The number of benzene rings is 1. The molecule has 0 heterocycles. The standard InChI is InChI=1S/C8H6BrF3N2O2.ClH/c9-5-2-1-4(3-6(5)14(15)16)7(13)8(10,11)12;/h1-3,7H,13H2;1H/t7-;/m1./s1. The summed E-state index contributed by atoms with van der Waals surface area (Å²) in [6.07, 6.45) is -4.62. The fourth-order valence-electron chi connectivity index (χ4n) is 1.05. The van der Waals surface area contributed by atoms with Crippen molar-refractivity contribution in [3.63, 3.8) is 0 Å². The van der Waals surface area contributed by atoms with Gasteiger partial charge in [-0.25, -0.2) is 0 Å². The minimum Gasteiger partial charge on any atom is -0.316 e. The molecule has 1 rings (SSSR count). The summed E-state index contributed by atoms with van der Waals surface area (Å²) in [5.74, 6) is 0. The molecule has 0 fully saturated rings. The minimum atomic E-state index is -4.62. The predicted molar refractivity (Wildman–Crippen MR) is 61.0 cm³/mol. The zero-order valence-electron chi connectivity index (χ0n) is 8.07. The van der Waals surface area contributed by atoms with E-state index in [1.54, 1.807) is 0 Å². The third-order valence-electron chi connectivity index (χ3n) is 1.88. The van der Waals surface area contributed by atoms with E-state index < -0.39 is 22.8 Å². The molecular weight excluding hydrogens is 328 g/mol. The normalized spacial score (nSPS) is 12.8. The Hall–Kier alpha value is -0.860. The fourth-order valence-corrected chi connectivity index (χ4v) is 1.44. The van der Waals surface area contributed by atoms with Gasteiger partial charge in [0.25, 0.3) is 5.69 Å². The van der Waals surface area contributed by atoms with Gasteiger partial charge in [-0.2, -0.15) is 13.2 Å². The number of nitrogens with two attached hydrogens (primary N) is 1. The summed E-state index contributed by atoms with van der Waals surface area (Å²) in [5.41, 5.74) is 4.14. The number of rotatable bonds is 2.